The molecule has 0 saturated carbocycles. The molecule has 0 aromatic heterocycles. The number of hydrogen-bond acceptors (Lipinski definition) is 3. The van der Waals surface area contributed by atoms with Gasteiger partial charge in [-0.1, -0.05) is 12.1 Å². The van der Waals surface area contributed by atoms with Crippen molar-refractivity contribution in [3.8, 4) is 5.75 Å². The van der Waals surface area contributed by atoms with Crippen LogP contribution in [0, 0.1) is 6.07 Å². The van der Waals surface area contributed by atoms with E-state index in [4.69, 9.17) is 14.2 Å². The summed E-state index contributed by atoms with van der Waals surface area (Å²) in [5.74, 6) is 0.825. The molecule has 1 rings (SSSR count). The Labute approximate surface area is 96.4 Å². The molecule has 0 spiro atoms. The molecule has 16 heavy (non-hydrogen) atoms. The van der Waals surface area contributed by atoms with Crippen LogP contribution in [0.2, 0.25) is 0 Å². The van der Waals surface area contributed by atoms with Crippen LogP contribution < -0.4 is 4.74 Å². The Morgan fingerprint density at radius 3 is 2.56 bits per heavy atom. The molecule has 4 nitrogen and oxygen atoms in total. The molecule has 0 atom stereocenters. The lowest BCUT2D eigenvalue weighted by molar-refractivity contribution is 0.0405. The Balaban J connectivity index is 0.00000225. The molecule has 0 saturated heterocycles. The summed E-state index contributed by atoms with van der Waals surface area (Å²) in [5.41, 5.74) is 0. The van der Waals surface area contributed by atoms with Crippen molar-refractivity contribution in [2.45, 2.75) is 6.92 Å². The molecule has 0 bridgehead atoms. The van der Waals surface area contributed by atoms with Crippen LogP contribution in [0.1, 0.15) is 6.92 Å². The molecular weight excluding hydrogens is 208 g/mol. The average Bonchev–Trinajstić information content (AvgIpc) is 2.29. The second kappa shape index (κ2) is 10.4. The van der Waals surface area contributed by atoms with Gasteiger partial charge in [-0.3, -0.25) is 0 Å². The van der Waals surface area contributed by atoms with E-state index in [1.165, 1.54) is 0 Å². The molecule has 0 unspecified atom stereocenters. The summed E-state index contributed by atoms with van der Waals surface area (Å²) >= 11 is 0. The highest BCUT2D eigenvalue weighted by atomic mass is 16.5. The molecule has 1 aromatic carbocycles. The van der Waals surface area contributed by atoms with Crippen LogP contribution in [0.4, 0.5) is 0 Å². The van der Waals surface area contributed by atoms with Gasteiger partial charge in [0.15, 0.2) is 0 Å². The Hall–Kier alpha value is -1.10. The lowest BCUT2D eigenvalue weighted by Gasteiger charge is -2.06. The zero-order valence-corrected chi connectivity index (χ0v) is 9.57. The lowest BCUT2D eigenvalue weighted by atomic mass is 10.3. The van der Waals surface area contributed by atoms with Crippen LogP contribution in [0.25, 0.3) is 0 Å². The first-order valence-electron chi connectivity index (χ1n) is 5.18. The topological polar surface area (TPSA) is 59.2 Å². The maximum Gasteiger partial charge on any atom is 0.120 e. The monoisotopic (exact) mass is 227 g/mol. The highest BCUT2D eigenvalue weighted by Crippen LogP contribution is 2.06. The van der Waals surface area contributed by atoms with E-state index >= 15 is 0 Å². The standard InChI is InChI=1S/C12H17O3.H2O/c1-2-13-8-9-14-10-11-15-12-6-4-3-5-7-12;/h3-4,6-7H,2,8-11H2,1H3;1H2. The maximum absolute atomic E-state index is 5.42. The van der Waals surface area contributed by atoms with E-state index < -0.39 is 0 Å². The molecule has 1 radical (unpaired) electrons. The third-order valence-corrected chi connectivity index (χ3v) is 1.75. The van der Waals surface area contributed by atoms with Crippen molar-refractivity contribution in [3.63, 3.8) is 0 Å². The molecule has 91 valence electrons. The van der Waals surface area contributed by atoms with Crippen molar-refractivity contribution in [1.82, 2.24) is 0 Å². The van der Waals surface area contributed by atoms with Gasteiger partial charge >= 0.3 is 0 Å². The normalized spacial score (nSPS) is 9.56. The average molecular weight is 227 g/mol. The SMILES string of the molecule is CCOCCOCCOc1c[c]ccc1.O. The summed E-state index contributed by atoms with van der Waals surface area (Å²) in [6.07, 6.45) is 0. The zero-order chi connectivity index (χ0) is 10.8. The number of hydrogen-bond donors (Lipinski definition) is 0. The minimum Gasteiger partial charge on any atom is -0.491 e. The van der Waals surface area contributed by atoms with Crippen molar-refractivity contribution < 1.29 is 19.7 Å². The fraction of sp³-hybridized carbons (Fsp3) is 0.500. The van der Waals surface area contributed by atoms with E-state index in [1.54, 1.807) is 6.07 Å². The minimum absolute atomic E-state index is 0. The Morgan fingerprint density at radius 2 is 1.88 bits per heavy atom. The van der Waals surface area contributed by atoms with Crippen molar-refractivity contribution in [3.05, 3.63) is 30.3 Å². The molecule has 0 heterocycles. The summed E-state index contributed by atoms with van der Waals surface area (Å²) in [4.78, 5) is 0. The fourth-order valence-electron chi connectivity index (χ4n) is 1.05. The largest absolute Gasteiger partial charge is 0.491 e. The molecule has 0 aliphatic heterocycles. The summed E-state index contributed by atoms with van der Waals surface area (Å²) in [6.45, 7) is 5.12. The number of rotatable bonds is 8. The van der Waals surface area contributed by atoms with E-state index in [1.807, 2.05) is 25.1 Å². The molecule has 0 aliphatic rings. The van der Waals surface area contributed by atoms with Crippen molar-refractivity contribution in [2.75, 3.05) is 33.0 Å². The fourth-order valence-corrected chi connectivity index (χ4v) is 1.05. The maximum atomic E-state index is 5.42. The van der Waals surface area contributed by atoms with Crippen molar-refractivity contribution in [2.24, 2.45) is 0 Å². The van der Waals surface area contributed by atoms with Gasteiger partial charge in [-0.2, -0.15) is 0 Å². The van der Waals surface area contributed by atoms with Crippen LogP contribution in [-0.2, 0) is 9.47 Å². The molecule has 2 N–H and O–H groups in total. The van der Waals surface area contributed by atoms with Crippen LogP contribution in [0.3, 0.4) is 0 Å². The summed E-state index contributed by atoms with van der Waals surface area (Å²) in [6, 6.07) is 10.4. The van der Waals surface area contributed by atoms with Gasteiger partial charge in [0.1, 0.15) is 12.4 Å². The summed E-state index contributed by atoms with van der Waals surface area (Å²) < 4.78 is 15.8. The van der Waals surface area contributed by atoms with Crippen molar-refractivity contribution >= 4 is 0 Å². The van der Waals surface area contributed by atoms with Crippen molar-refractivity contribution in [1.29, 1.82) is 0 Å². The first-order valence-corrected chi connectivity index (χ1v) is 5.18. The Morgan fingerprint density at radius 1 is 1.12 bits per heavy atom. The zero-order valence-electron chi connectivity index (χ0n) is 9.57. The Bertz CT molecular complexity index is 238. The second-order valence-corrected chi connectivity index (χ2v) is 2.90. The highest BCUT2D eigenvalue weighted by molar-refractivity contribution is 5.19. The molecule has 4 heteroatoms. The van der Waals surface area contributed by atoms with E-state index in [2.05, 4.69) is 6.07 Å². The number of benzene rings is 1. The predicted molar refractivity (Wildman–Crippen MR) is 61.7 cm³/mol. The third kappa shape index (κ3) is 7.23. The van der Waals surface area contributed by atoms with Gasteiger partial charge in [0.25, 0.3) is 0 Å². The van der Waals surface area contributed by atoms with E-state index in [0.717, 1.165) is 12.4 Å². The van der Waals surface area contributed by atoms with Crippen LogP contribution in [0.5, 0.6) is 5.75 Å². The highest BCUT2D eigenvalue weighted by Gasteiger charge is 1.92. The Kier molecular flexibility index (Phi) is 9.70. The van der Waals surface area contributed by atoms with Gasteiger partial charge in [0.05, 0.1) is 19.8 Å². The van der Waals surface area contributed by atoms with Gasteiger partial charge in [0.2, 0.25) is 0 Å². The lowest BCUT2D eigenvalue weighted by Crippen LogP contribution is -2.10. The number of ether oxygens (including phenoxy) is 3. The van der Waals surface area contributed by atoms with Crippen LogP contribution >= 0.6 is 0 Å². The quantitative estimate of drug-likeness (QED) is 0.625. The van der Waals surface area contributed by atoms with Gasteiger partial charge in [-0.05, 0) is 25.1 Å². The van der Waals surface area contributed by atoms with Gasteiger partial charge in [0, 0.05) is 6.61 Å². The van der Waals surface area contributed by atoms with Gasteiger partial charge in [-0.15, -0.1) is 0 Å². The summed E-state index contributed by atoms with van der Waals surface area (Å²) in [7, 11) is 0. The van der Waals surface area contributed by atoms with Crippen LogP contribution in [0.15, 0.2) is 24.3 Å². The van der Waals surface area contributed by atoms with Crippen LogP contribution in [-0.4, -0.2) is 38.5 Å². The molecule has 0 amide bonds. The molecule has 1 aromatic rings. The van der Waals surface area contributed by atoms with Gasteiger partial charge in [-0.25, -0.2) is 0 Å². The molecule has 0 aliphatic carbocycles. The predicted octanol–water partition coefficient (Wildman–Crippen LogP) is 1.09. The molecule has 0 fully saturated rings. The third-order valence-electron chi connectivity index (χ3n) is 1.75. The molecular formula is C12H19O4. The first-order chi connectivity index (χ1) is 7.43. The van der Waals surface area contributed by atoms with E-state index in [-0.39, 0.29) is 5.48 Å². The smallest absolute Gasteiger partial charge is 0.120 e. The van der Waals surface area contributed by atoms with Gasteiger partial charge < -0.3 is 19.7 Å². The minimum atomic E-state index is 0. The first kappa shape index (κ1) is 14.9. The second-order valence-electron chi connectivity index (χ2n) is 2.90. The van der Waals surface area contributed by atoms with E-state index in [0.29, 0.717) is 26.4 Å². The van der Waals surface area contributed by atoms with E-state index in [9.17, 15) is 0 Å². The summed E-state index contributed by atoms with van der Waals surface area (Å²) in [5, 5.41) is 0.